The first kappa shape index (κ1) is 22.2. The van der Waals surface area contributed by atoms with E-state index in [9.17, 15) is 0 Å². The number of rotatable bonds is 3. The fourth-order valence-electron chi connectivity index (χ4n) is 2.73. The van der Waals surface area contributed by atoms with E-state index in [1.165, 1.54) is 5.56 Å². The van der Waals surface area contributed by atoms with Crippen molar-refractivity contribution in [3.05, 3.63) is 90.8 Å². The summed E-state index contributed by atoms with van der Waals surface area (Å²) in [6.07, 6.45) is 3.58. The number of hydrogen-bond donors (Lipinski definition) is 0. The molecule has 3 heterocycles. The third-order valence-electron chi connectivity index (χ3n) is 4.06. The molecular formula is C22H18Cl2N3Pt. The van der Waals surface area contributed by atoms with Gasteiger partial charge in [0.2, 0.25) is 0 Å². The molecule has 0 unspecified atom stereocenters. The molecule has 0 aliphatic rings. The molecule has 4 rings (SSSR count). The summed E-state index contributed by atoms with van der Waals surface area (Å²) in [5.41, 5.74) is 6.91. The van der Waals surface area contributed by atoms with Crippen LogP contribution < -0.4 is 0 Å². The quantitative estimate of drug-likeness (QED) is 0.282. The Hall–Kier alpha value is -2.06. The molecule has 0 atom stereocenters. The zero-order chi connectivity index (χ0) is 19.1. The van der Waals surface area contributed by atoms with Gasteiger partial charge in [0, 0.05) is 12.4 Å². The van der Waals surface area contributed by atoms with Crippen LogP contribution in [-0.2, 0) is 18.8 Å². The molecule has 1 aromatic carbocycles. The topological polar surface area (TPSA) is 38.7 Å². The number of benzene rings is 1. The van der Waals surface area contributed by atoms with Gasteiger partial charge in [0.05, 0.1) is 22.8 Å². The Morgan fingerprint density at radius 3 is 1.57 bits per heavy atom. The minimum absolute atomic E-state index is 0. The Morgan fingerprint density at radius 2 is 1.14 bits per heavy atom. The predicted octanol–water partition coefficient (Wildman–Crippen LogP) is 6.29. The van der Waals surface area contributed by atoms with Crippen LogP contribution in [0.25, 0.3) is 33.9 Å². The summed E-state index contributed by atoms with van der Waals surface area (Å²) in [4.78, 5) is 13.7. The molecule has 0 fully saturated rings. The first-order chi connectivity index (χ1) is 13.3. The van der Waals surface area contributed by atoms with Crippen molar-refractivity contribution in [2.75, 3.05) is 0 Å². The van der Waals surface area contributed by atoms with E-state index < -0.39 is 0 Å². The van der Waals surface area contributed by atoms with Crippen molar-refractivity contribution in [1.29, 1.82) is 0 Å². The second-order valence-electron chi connectivity index (χ2n) is 5.92. The number of hydrogen-bond acceptors (Lipinski definition) is 3. The van der Waals surface area contributed by atoms with Gasteiger partial charge in [-0.1, -0.05) is 42.0 Å². The average Bonchev–Trinajstić information content (AvgIpc) is 2.76. The van der Waals surface area contributed by atoms with Crippen molar-refractivity contribution in [1.82, 2.24) is 15.0 Å². The first-order valence-electron chi connectivity index (χ1n) is 8.33. The van der Waals surface area contributed by atoms with Crippen molar-refractivity contribution in [3.63, 3.8) is 0 Å². The zero-order valence-corrected chi connectivity index (χ0v) is 18.9. The Labute approximate surface area is 186 Å². The molecule has 6 heteroatoms. The predicted molar refractivity (Wildman–Crippen MR) is 114 cm³/mol. The van der Waals surface area contributed by atoms with Crippen molar-refractivity contribution >= 4 is 21.8 Å². The van der Waals surface area contributed by atoms with Gasteiger partial charge in [-0.25, -0.2) is 4.98 Å². The van der Waals surface area contributed by atoms with Crippen LogP contribution in [0.3, 0.4) is 0 Å². The molecule has 0 N–H and O–H groups in total. The molecular weight excluding hydrogens is 572 g/mol. The van der Waals surface area contributed by atoms with Crippen molar-refractivity contribution < 1.29 is 18.8 Å². The summed E-state index contributed by atoms with van der Waals surface area (Å²) >= 11 is 1.61. The summed E-state index contributed by atoms with van der Waals surface area (Å²) in [5, 5.41) is 0. The first-order valence-corrected chi connectivity index (χ1v) is 11.1. The van der Waals surface area contributed by atoms with E-state index in [0.717, 1.165) is 33.9 Å². The molecule has 4 aromatic rings. The molecule has 3 nitrogen and oxygen atoms in total. The van der Waals surface area contributed by atoms with E-state index in [1.807, 2.05) is 36.4 Å². The van der Waals surface area contributed by atoms with E-state index >= 15 is 0 Å². The third-order valence-corrected chi connectivity index (χ3v) is 4.06. The fourth-order valence-corrected chi connectivity index (χ4v) is 2.73. The van der Waals surface area contributed by atoms with Gasteiger partial charge >= 0.3 is 28.2 Å². The molecule has 0 radical (unpaired) electrons. The summed E-state index contributed by atoms with van der Waals surface area (Å²) in [7, 11) is 4.61. The third kappa shape index (κ3) is 5.48. The number of nitrogens with zero attached hydrogens (tertiary/aromatic N) is 3. The molecule has 0 spiro atoms. The molecule has 0 saturated carbocycles. The molecule has 0 bridgehead atoms. The van der Waals surface area contributed by atoms with Crippen LogP contribution in [0.2, 0.25) is 0 Å². The van der Waals surface area contributed by atoms with Crippen LogP contribution in [0.4, 0.5) is 0 Å². The van der Waals surface area contributed by atoms with Gasteiger partial charge in [-0.3, -0.25) is 9.97 Å². The normalized spacial score (nSPS) is 9.71. The van der Waals surface area contributed by atoms with E-state index in [0.29, 0.717) is 0 Å². The molecule has 0 saturated heterocycles. The van der Waals surface area contributed by atoms with Crippen molar-refractivity contribution in [2.24, 2.45) is 0 Å². The van der Waals surface area contributed by atoms with Crippen LogP contribution in [0.15, 0.2) is 85.2 Å². The van der Waals surface area contributed by atoms with E-state index in [4.69, 9.17) is 4.98 Å². The van der Waals surface area contributed by atoms with Crippen LogP contribution in [0.1, 0.15) is 5.56 Å². The van der Waals surface area contributed by atoms with E-state index in [-0.39, 0.29) is 12.4 Å². The Bertz CT molecular complexity index is 937. The van der Waals surface area contributed by atoms with Gasteiger partial charge in [-0.05, 0) is 54.4 Å². The number of pyridine rings is 3. The van der Waals surface area contributed by atoms with E-state index in [2.05, 4.69) is 62.7 Å². The average molecular weight is 590 g/mol. The van der Waals surface area contributed by atoms with Crippen LogP contribution in [0.5, 0.6) is 0 Å². The van der Waals surface area contributed by atoms with Gasteiger partial charge in [-0.2, -0.15) is 0 Å². The van der Waals surface area contributed by atoms with Gasteiger partial charge in [0.15, 0.2) is 0 Å². The summed E-state index contributed by atoms with van der Waals surface area (Å²) in [6, 6.07) is 24.4. The Kier molecular flexibility index (Phi) is 8.78. The summed E-state index contributed by atoms with van der Waals surface area (Å²) in [6.45, 7) is 2.09. The van der Waals surface area contributed by atoms with Gasteiger partial charge in [0.25, 0.3) is 0 Å². The number of halogens is 2. The summed E-state index contributed by atoms with van der Waals surface area (Å²) < 4.78 is 0. The van der Waals surface area contributed by atoms with Gasteiger partial charge < -0.3 is 0 Å². The Morgan fingerprint density at radius 1 is 0.643 bits per heavy atom. The fraction of sp³-hybridized carbons (Fsp3) is 0.0455. The SMILES string of the molecule is Cc1ccc(-c2cc(-c3ccccn3)nc(-c3ccccn3)c2)cc1.Cl.[Cl][Pt]. The standard InChI is InChI=1S/C22H17N3.2ClH.Pt/c1-16-8-10-17(11-9-16)18-14-21(19-6-2-4-12-23-19)25-22(15-18)20-7-3-5-13-24-20;;;/h2-15H,1H3;2*1H;/q;;;+1/p-1. The van der Waals surface area contributed by atoms with Crippen molar-refractivity contribution in [2.45, 2.75) is 6.92 Å². The van der Waals surface area contributed by atoms with Gasteiger partial charge in [-0.15, -0.1) is 12.4 Å². The molecule has 0 amide bonds. The molecule has 145 valence electrons. The molecule has 0 aliphatic carbocycles. The van der Waals surface area contributed by atoms with Crippen LogP contribution >= 0.6 is 21.8 Å². The molecule has 0 aliphatic heterocycles. The summed E-state index contributed by atoms with van der Waals surface area (Å²) in [5.74, 6) is 0. The van der Waals surface area contributed by atoms with Crippen molar-refractivity contribution in [3.8, 4) is 33.9 Å². The van der Waals surface area contributed by atoms with Gasteiger partial charge in [0.1, 0.15) is 0 Å². The van der Waals surface area contributed by atoms with Crippen LogP contribution in [-0.4, -0.2) is 15.0 Å². The monoisotopic (exact) mass is 589 g/mol. The molecule has 3 aromatic heterocycles. The minimum atomic E-state index is 0. The zero-order valence-electron chi connectivity index (χ0n) is 15.0. The Balaban J connectivity index is 0.000000906. The second-order valence-corrected chi connectivity index (χ2v) is 5.92. The van der Waals surface area contributed by atoms with E-state index in [1.54, 1.807) is 31.2 Å². The molecule has 28 heavy (non-hydrogen) atoms. The van der Waals surface area contributed by atoms with Crippen LogP contribution in [0, 0.1) is 6.92 Å². The maximum absolute atomic E-state index is 4.79. The number of aryl methyl sites for hydroxylation is 1. The number of aromatic nitrogens is 3. The second kappa shape index (κ2) is 11.1. The maximum atomic E-state index is 4.79.